The molecule has 1 aromatic rings. The van der Waals surface area contributed by atoms with Gasteiger partial charge in [-0.15, -0.1) is 0 Å². The van der Waals surface area contributed by atoms with E-state index < -0.39 is 0 Å². The van der Waals surface area contributed by atoms with Crippen molar-refractivity contribution in [3.63, 3.8) is 0 Å². The van der Waals surface area contributed by atoms with Gasteiger partial charge in [0, 0.05) is 12.5 Å². The molecule has 0 atom stereocenters. The molecule has 1 aromatic heterocycles. The molecule has 4 heteroatoms. The fraction of sp³-hybridized carbons (Fsp3) is 0.500. The van der Waals surface area contributed by atoms with E-state index in [-0.39, 0.29) is 0 Å². The minimum atomic E-state index is 0.301. The number of hydrogen-bond acceptors (Lipinski definition) is 4. The monoisotopic (exact) mass is 221 g/mol. The fourth-order valence-electron chi connectivity index (χ4n) is 1.20. The Kier molecular flexibility index (Phi) is 4.92. The van der Waals surface area contributed by atoms with Crippen LogP contribution in [0.25, 0.3) is 0 Å². The quantitative estimate of drug-likeness (QED) is 0.773. The predicted octanol–water partition coefficient (Wildman–Crippen LogP) is 2.01. The number of nitrogens with two attached hydrogens (primary N) is 1. The molecule has 1 heterocycles. The third kappa shape index (κ3) is 3.31. The minimum Gasteiger partial charge on any atom is -0.486 e. The molecular weight excluding hydrogens is 202 g/mol. The molecule has 0 radical (unpaired) electrons. The maximum absolute atomic E-state index is 5.64. The number of allylic oxidation sites excluding steroid dienone is 1. The first kappa shape index (κ1) is 12.6. The first-order valence-corrected chi connectivity index (χ1v) is 5.48. The van der Waals surface area contributed by atoms with Crippen LogP contribution < -0.4 is 10.5 Å². The van der Waals surface area contributed by atoms with Crippen LogP contribution in [0.15, 0.2) is 18.3 Å². The van der Waals surface area contributed by atoms with E-state index in [0.717, 1.165) is 11.5 Å². The van der Waals surface area contributed by atoms with Crippen LogP contribution >= 0.6 is 0 Å². The second-order valence-corrected chi connectivity index (χ2v) is 3.78. The molecule has 0 spiro atoms. The Hall–Kier alpha value is -1.42. The zero-order valence-corrected chi connectivity index (χ0v) is 10.1. The van der Waals surface area contributed by atoms with Gasteiger partial charge >= 0.3 is 0 Å². The lowest BCUT2D eigenvalue weighted by Crippen LogP contribution is -2.09. The molecule has 0 saturated heterocycles. The molecule has 0 aromatic carbocycles. The molecule has 0 saturated carbocycles. The van der Waals surface area contributed by atoms with Crippen molar-refractivity contribution >= 4 is 0 Å². The lowest BCUT2D eigenvalue weighted by atomic mass is 10.2. The van der Waals surface area contributed by atoms with E-state index in [1.54, 1.807) is 6.20 Å². The van der Waals surface area contributed by atoms with Crippen molar-refractivity contribution in [3.8, 4) is 5.75 Å². The molecule has 4 nitrogen and oxygen atoms in total. The fourth-order valence-corrected chi connectivity index (χ4v) is 1.20. The van der Waals surface area contributed by atoms with Gasteiger partial charge in [0.15, 0.2) is 5.75 Å². The Balaban J connectivity index is 2.84. The zero-order chi connectivity index (χ0) is 12.0. The molecule has 1 rings (SSSR count). The Morgan fingerprint density at radius 3 is 2.81 bits per heavy atom. The number of ether oxygens (including phenoxy) is 1. The van der Waals surface area contributed by atoms with Gasteiger partial charge in [-0.3, -0.25) is 0 Å². The average molecular weight is 221 g/mol. The van der Waals surface area contributed by atoms with Gasteiger partial charge in [0.25, 0.3) is 0 Å². The van der Waals surface area contributed by atoms with Crippen LogP contribution in [0.1, 0.15) is 38.2 Å². The predicted molar refractivity (Wildman–Crippen MR) is 64.3 cm³/mol. The Labute approximate surface area is 96.6 Å². The first-order chi connectivity index (χ1) is 7.69. The third-order valence-electron chi connectivity index (χ3n) is 2.13. The van der Waals surface area contributed by atoms with Gasteiger partial charge < -0.3 is 10.5 Å². The summed E-state index contributed by atoms with van der Waals surface area (Å²) in [5.41, 5.74) is 6.40. The minimum absolute atomic E-state index is 0.301. The van der Waals surface area contributed by atoms with Crippen LogP contribution in [0.3, 0.4) is 0 Å². The summed E-state index contributed by atoms with van der Waals surface area (Å²) < 4.78 is 5.51. The molecule has 0 aliphatic rings. The van der Waals surface area contributed by atoms with Crippen molar-refractivity contribution < 1.29 is 4.74 Å². The summed E-state index contributed by atoms with van der Waals surface area (Å²) in [6.45, 7) is 6.94. The van der Waals surface area contributed by atoms with Crippen molar-refractivity contribution in [1.82, 2.24) is 9.97 Å². The summed E-state index contributed by atoms with van der Waals surface area (Å²) in [7, 11) is 0. The highest BCUT2D eigenvalue weighted by molar-refractivity contribution is 5.25. The van der Waals surface area contributed by atoms with Crippen molar-refractivity contribution in [2.24, 2.45) is 5.73 Å². The second-order valence-electron chi connectivity index (χ2n) is 3.78. The van der Waals surface area contributed by atoms with Crippen molar-refractivity contribution in [3.05, 3.63) is 29.9 Å². The molecule has 0 unspecified atom stereocenters. The molecule has 0 amide bonds. The highest BCUT2D eigenvalue weighted by Crippen LogP contribution is 2.17. The number of rotatable bonds is 5. The van der Waals surface area contributed by atoms with Gasteiger partial charge in [0.2, 0.25) is 0 Å². The Bertz CT molecular complexity index is 361. The lowest BCUT2D eigenvalue weighted by Gasteiger charge is -2.10. The lowest BCUT2D eigenvalue weighted by molar-refractivity contribution is 0.353. The SMILES string of the molecule is CC=CCOc1cnc(C(C)C)nc1CN. The van der Waals surface area contributed by atoms with Crippen LogP contribution in [0.5, 0.6) is 5.75 Å². The Morgan fingerprint density at radius 2 is 2.25 bits per heavy atom. The van der Waals surface area contributed by atoms with Gasteiger partial charge in [-0.1, -0.05) is 26.0 Å². The largest absolute Gasteiger partial charge is 0.486 e. The van der Waals surface area contributed by atoms with Crippen LogP contribution in [-0.4, -0.2) is 16.6 Å². The van der Waals surface area contributed by atoms with Gasteiger partial charge in [-0.2, -0.15) is 0 Å². The maximum Gasteiger partial charge on any atom is 0.160 e. The molecule has 88 valence electrons. The van der Waals surface area contributed by atoms with Crippen molar-refractivity contribution in [1.29, 1.82) is 0 Å². The van der Waals surface area contributed by atoms with Crippen LogP contribution in [0, 0.1) is 0 Å². The van der Waals surface area contributed by atoms with Gasteiger partial charge in [0.05, 0.1) is 11.9 Å². The topological polar surface area (TPSA) is 61.0 Å². The summed E-state index contributed by atoms with van der Waals surface area (Å²) in [6.07, 6.45) is 5.57. The van der Waals surface area contributed by atoms with Crippen LogP contribution in [0.2, 0.25) is 0 Å². The highest BCUT2D eigenvalue weighted by Gasteiger charge is 2.08. The normalized spacial score (nSPS) is 11.3. The third-order valence-corrected chi connectivity index (χ3v) is 2.13. The van der Waals surface area contributed by atoms with E-state index in [4.69, 9.17) is 10.5 Å². The summed E-state index contributed by atoms with van der Waals surface area (Å²) in [5.74, 6) is 1.78. The van der Waals surface area contributed by atoms with Crippen LogP contribution in [0.4, 0.5) is 0 Å². The standard InChI is InChI=1S/C12H19N3O/c1-4-5-6-16-11-8-14-12(9(2)3)15-10(11)7-13/h4-5,8-9H,6-7,13H2,1-3H3. The number of aromatic nitrogens is 2. The zero-order valence-electron chi connectivity index (χ0n) is 10.1. The van der Waals surface area contributed by atoms with Crippen molar-refractivity contribution in [2.45, 2.75) is 33.2 Å². The summed E-state index contributed by atoms with van der Waals surface area (Å²) in [5, 5.41) is 0. The second kappa shape index (κ2) is 6.23. The summed E-state index contributed by atoms with van der Waals surface area (Å²) >= 11 is 0. The highest BCUT2D eigenvalue weighted by atomic mass is 16.5. The maximum atomic E-state index is 5.64. The van der Waals surface area contributed by atoms with Gasteiger partial charge in [-0.05, 0) is 6.92 Å². The molecule has 0 fully saturated rings. The molecular formula is C12H19N3O. The molecule has 16 heavy (non-hydrogen) atoms. The smallest absolute Gasteiger partial charge is 0.160 e. The molecule has 0 aliphatic carbocycles. The van der Waals surface area contributed by atoms with E-state index in [0.29, 0.717) is 24.8 Å². The molecule has 2 N–H and O–H groups in total. The van der Waals surface area contributed by atoms with Crippen molar-refractivity contribution in [2.75, 3.05) is 6.61 Å². The van der Waals surface area contributed by atoms with E-state index in [1.165, 1.54) is 0 Å². The van der Waals surface area contributed by atoms with Gasteiger partial charge in [-0.25, -0.2) is 9.97 Å². The summed E-state index contributed by atoms with van der Waals surface area (Å²) in [6, 6.07) is 0. The van der Waals surface area contributed by atoms with E-state index in [2.05, 4.69) is 23.8 Å². The van der Waals surface area contributed by atoms with E-state index >= 15 is 0 Å². The average Bonchev–Trinajstić information content (AvgIpc) is 2.29. The van der Waals surface area contributed by atoms with Crippen LogP contribution in [-0.2, 0) is 6.54 Å². The summed E-state index contributed by atoms with van der Waals surface area (Å²) in [4.78, 5) is 8.63. The van der Waals surface area contributed by atoms with Gasteiger partial charge in [0.1, 0.15) is 12.4 Å². The Morgan fingerprint density at radius 1 is 1.50 bits per heavy atom. The number of hydrogen-bond donors (Lipinski definition) is 1. The van der Waals surface area contributed by atoms with E-state index in [9.17, 15) is 0 Å². The van der Waals surface area contributed by atoms with E-state index in [1.807, 2.05) is 19.1 Å². The molecule has 0 bridgehead atoms. The first-order valence-electron chi connectivity index (χ1n) is 5.48. The number of nitrogens with zero attached hydrogens (tertiary/aromatic N) is 2. The molecule has 0 aliphatic heterocycles.